The third kappa shape index (κ3) is 4.85. The van der Waals surface area contributed by atoms with Gasteiger partial charge in [-0.2, -0.15) is 0 Å². The van der Waals surface area contributed by atoms with Crippen LogP contribution in [0, 0.1) is 0 Å². The molecule has 6 aromatic carbocycles. The number of rotatable bonds is 6. The summed E-state index contributed by atoms with van der Waals surface area (Å²) in [4.78, 5) is 0. The van der Waals surface area contributed by atoms with Gasteiger partial charge in [0, 0.05) is 0 Å². The van der Waals surface area contributed by atoms with E-state index in [1.165, 1.54) is 55.6 Å². The molecule has 0 spiro atoms. The standard InChI is InChI=1S/C38H28/c1-6-16-29(17-7-1)26-27-34-28-35(30-18-8-2-9-19-30)37(32-22-12-4-13-23-32)38(33-24-14-5-15-25-33)36(34)31-20-10-3-11-21-31/h1-28H. The van der Waals surface area contributed by atoms with E-state index in [1.807, 2.05) is 0 Å². The van der Waals surface area contributed by atoms with Gasteiger partial charge in [-0.05, 0) is 61.7 Å². The zero-order chi connectivity index (χ0) is 25.6. The van der Waals surface area contributed by atoms with E-state index in [9.17, 15) is 0 Å². The average molecular weight is 485 g/mol. The molecule has 0 saturated heterocycles. The third-order valence-electron chi connectivity index (χ3n) is 6.88. The second kappa shape index (κ2) is 11.0. The molecule has 0 saturated carbocycles. The quantitative estimate of drug-likeness (QED) is 0.206. The SMILES string of the molecule is C(=Cc1cc(-c2ccccc2)c(-c2ccccc2)c(-c2ccccc2)c1-c1ccccc1)c1ccccc1. The maximum atomic E-state index is 2.37. The van der Waals surface area contributed by atoms with Crippen molar-refractivity contribution in [3.8, 4) is 44.5 Å². The summed E-state index contributed by atoms with van der Waals surface area (Å²) < 4.78 is 0. The minimum absolute atomic E-state index is 1.18. The molecule has 6 aromatic rings. The van der Waals surface area contributed by atoms with Crippen LogP contribution in [-0.4, -0.2) is 0 Å². The van der Waals surface area contributed by atoms with Crippen LogP contribution < -0.4 is 0 Å². The molecule has 0 bridgehead atoms. The summed E-state index contributed by atoms with van der Waals surface area (Å²) in [6.07, 6.45) is 4.48. The molecule has 0 atom stereocenters. The Labute approximate surface area is 225 Å². The summed E-state index contributed by atoms with van der Waals surface area (Å²) in [6, 6.07) is 56.0. The maximum Gasteiger partial charge on any atom is -0.00145 e. The lowest BCUT2D eigenvalue weighted by atomic mass is 9.80. The molecule has 0 aliphatic heterocycles. The second-order valence-electron chi connectivity index (χ2n) is 9.35. The van der Waals surface area contributed by atoms with E-state index in [1.54, 1.807) is 0 Å². The Hall–Kier alpha value is -4.94. The minimum atomic E-state index is 1.18. The van der Waals surface area contributed by atoms with Gasteiger partial charge in [0.2, 0.25) is 0 Å². The Morgan fingerprint density at radius 3 is 1.21 bits per heavy atom. The highest BCUT2D eigenvalue weighted by atomic mass is 14.2. The molecule has 6 rings (SSSR count). The normalized spacial score (nSPS) is 11.1. The monoisotopic (exact) mass is 484 g/mol. The van der Waals surface area contributed by atoms with Crippen molar-refractivity contribution in [2.24, 2.45) is 0 Å². The molecular weight excluding hydrogens is 456 g/mol. The molecule has 0 fully saturated rings. The van der Waals surface area contributed by atoms with Crippen molar-refractivity contribution in [2.75, 3.05) is 0 Å². The predicted molar refractivity (Wildman–Crippen MR) is 164 cm³/mol. The molecule has 180 valence electrons. The maximum absolute atomic E-state index is 2.37. The van der Waals surface area contributed by atoms with Crippen LogP contribution in [0.4, 0.5) is 0 Å². The van der Waals surface area contributed by atoms with E-state index >= 15 is 0 Å². The fraction of sp³-hybridized carbons (Fsp3) is 0. The highest BCUT2D eigenvalue weighted by Gasteiger charge is 2.21. The highest BCUT2D eigenvalue weighted by Crippen LogP contribution is 2.47. The number of hydrogen-bond donors (Lipinski definition) is 0. The van der Waals surface area contributed by atoms with Gasteiger partial charge in [-0.3, -0.25) is 0 Å². The summed E-state index contributed by atoms with van der Waals surface area (Å²) in [5.41, 5.74) is 12.2. The number of benzene rings is 6. The van der Waals surface area contributed by atoms with Crippen molar-refractivity contribution in [3.63, 3.8) is 0 Å². The lowest BCUT2D eigenvalue weighted by Crippen LogP contribution is -1.97. The molecule has 0 radical (unpaired) electrons. The molecule has 0 heteroatoms. The van der Waals surface area contributed by atoms with Crippen LogP contribution in [0.25, 0.3) is 56.7 Å². The molecule has 0 heterocycles. The average Bonchev–Trinajstić information content (AvgIpc) is 3.01. The molecule has 38 heavy (non-hydrogen) atoms. The smallest absolute Gasteiger partial charge is 0.00145 e. The zero-order valence-electron chi connectivity index (χ0n) is 21.2. The molecule has 0 aliphatic rings. The van der Waals surface area contributed by atoms with Gasteiger partial charge in [0.1, 0.15) is 0 Å². The van der Waals surface area contributed by atoms with Gasteiger partial charge in [-0.1, -0.05) is 164 Å². The first-order valence-electron chi connectivity index (χ1n) is 13.0. The number of hydrogen-bond acceptors (Lipinski definition) is 0. The van der Waals surface area contributed by atoms with E-state index in [0.717, 1.165) is 0 Å². The van der Waals surface area contributed by atoms with Gasteiger partial charge >= 0.3 is 0 Å². The Morgan fingerprint density at radius 2 is 0.711 bits per heavy atom. The van der Waals surface area contributed by atoms with Crippen molar-refractivity contribution in [1.29, 1.82) is 0 Å². The van der Waals surface area contributed by atoms with Crippen LogP contribution >= 0.6 is 0 Å². The largest absolute Gasteiger partial charge is 0.0622 e. The van der Waals surface area contributed by atoms with E-state index in [-0.39, 0.29) is 0 Å². The van der Waals surface area contributed by atoms with Gasteiger partial charge in [0.15, 0.2) is 0 Å². The predicted octanol–water partition coefficient (Wildman–Crippen LogP) is 10.5. The van der Waals surface area contributed by atoms with Crippen LogP contribution in [-0.2, 0) is 0 Å². The Kier molecular flexibility index (Phi) is 6.78. The zero-order valence-corrected chi connectivity index (χ0v) is 21.2. The first-order valence-corrected chi connectivity index (χ1v) is 13.0. The lowest BCUT2D eigenvalue weighted by Gasteiger charge is -2.23. The van der Waals surface area contributed by atoms with Gasteiger partial charge in [0.05, 0.1) is 0 Å². The topological polar surface area (TPSA) is 0 Å². The third-order valence-corrected chi connectivity index (χ3v) is 6.88. The molecule has 0 unspecified atom stereocenters. The second-order valence-corrected chi connectivity index (χ2v) is 9.35. The first-order chi connectivity index (χ1) is 18.9. The van der Waals surface area contributed by atoms with Crippen molar-refractivity contribution >= 4 is 12.2 Å². The van der Waals surface area contributed by atoms with E-state index < -0.39 is 0 Å². The van der Waals surface area contributed by atoms with Crippen molar-refractivity contribution in [1.82, 2.24) is 0 Å². The Balaban J connectivity index is 1.76. The summed E-state index contributed by atoms with van der Waals surface area (Å²) in [5.74, 6) is 0. The molecule has 0 aromatic heterocycles. The molecule has 0 amide bonds. The first kappa shape index (κ1) is 23.5. The fourth-order valence-electron chi connectivity index (χ4n) is 5.14. The summed E-state index contributed by atoms with van der Waals surface area (Å²) in [7, 11) is 0. The van der Waals surface area contributed by atoms with Crippen LogP contribution in [0.15, 0.2) is 158 Å². The summed E-state index contributed by atoms with van der Waals surface area (Å²) in [5, 5.41) is 0. The molecular formula is C38H28. The molecule has 0 N–H and O–H groups in total. The molecule has 0 aliphatic carbocycles. The molecule has 0 nitrogen and oxygen atoms in total. The summed E-state index contributed by atoms with van der Waals surface area (Å²) in [6.45, 7) is 0. The Bertz CT molecular complexity index is 1650. The lowest BCUT2D eigenvalue weighted by molar-refractivity contribution is 1.52. The van der Waals surface area contributed by atoms with E-state index in [2.05, 4.69) is 170 Å². The van der Waals surface area contributed by atoms with Gasteiger partial charge in [-0.15, -0.1) is 0 Å². The van der Waals surface area contributed by atoms with E-state index in [4.69, 9.17) is 0 Å². The van der Waals surface area contributed by atoms with Crippen molar-refractivity contribution < 1.29 is 0 Å². The summed E-state index contributed by atoms with van der Waals surface area (Å²) >= 11 is 0. The van der Waals surface area contributed by atoms with Gasteiger partial charge in [0.25, 0.3) is 0 Å². The van der Waals surface area contributed by atoms with Gasteiger partial charge < -0.3 is 0 Å². The highest BCUT2D eigenvalue weighted by molar-refractivity contribution is 6.05. The fourth-order valence-corrected chi connectivity index (χ4v) is 5.14. The van der Waals surface area contributed by atoms with Crippen LogP contribution in [0.2, 0.25) is 0 Å². The van der Waals surface area contributed by atoms with Crippen LogP contribution in [0.3, 0.4) is 0 Å². The Morgan fingerprint density at radius 1 is 0.316 bits per heavy atom. The van der Waals surface area contributed by atoms with Crippen molar-refractivity contribution in [3.05, 3.63) is 169 Å². The van der Waals surface area contributed by atoms with Crippen molar-refractivity contribution in [2.45, 2.75) is 0 Å². The van der Waals surface area contributed by atoms with Crippen LogP contribution in [0.1, 0.15) is 11.1 Å². The minimum Gasteiger partial charge on any atom is -0.0622 e. The van der Waals surface area contributed by atoms with E-state index in [0.29, 0.717) is 0 Å². The van der Waals surface area contributed by atoms with Gasteiger partial charge in [-0.25, -0.2) is 0 Å². The van der Waals surface area contributed by atoms with Crippen LogP contribution in [0.5, 0.6) is 0 Å².